The average molecular weight is 305 g/mol. The van der Waals surface area contributed by atoms with Gasteiger partial charge in [-0.25, -0.2) is 4.98 Å². The van der Waals surface area contributed by atoms with Gasteiger partial charge in [0.1, 0.15) is 0 Å². The van der Waals surface area contributed by atoms with Gasteiger partial charge in [-0.05, 0) is 31.2 Å². The third-order valence-corrected chi connectivity index (χ3v) is 5.84. The third kappa shape index (κ3) is 2.88. The third-order valence-electron chi connectivity index (χ3n) is 2.62. The molecule has 96 valence electrons. The maximum absolute atomic E-state index is 12.0. The highest BCUT2D eigenvalue weighted by atomic mass is 32.2. The molecule has 1 aromatic carbocycles. The molecule has 0 saturated carbocycles. The number of thiazole rings is 1. The van der Waals surface area contributed by atoms with Crippen molar-refractivity contribution in [1.29, 1.82) is 0 Å². The Morgan fingerprint density at radius 1 is 1.21 bits per heavy atom. The van der Waals surface area contributed by atoms with Gasteiger partial charge in [-0.1, -0.05) is 23.9 Å². The lowest BCUT2D eigenvalue weighted by Crippen LogP contribution is -1.98. The summed E-state index contributed by atoms with van der Waals surface area (Å²) in [4.78, 5) is 18.5. The summed E-state index contributed by atoms with van der Waals surface area (Å²) < 4.78 is 2.13. The molecule has 0 spiro atoms. The smallest absolute Gasteiger partial charge is 0.183 e. The summed E-state index contributed by atoms with van der Waals surface area (Å²) in [5, 5.41) is 0. The minimum Gasteiger partial charge on any atom is -0.292 e. The van der Waals surface area contributed by atoms with Crippen molar-refractivity contribution < 1.29 is 4.79 Å². The van der Waals surface area contributed by atoms with E-state index in [0.29, 0.717) is 5.75 Å². The Hall–Kier alpha value is -1.17. The maximum Gasteiger partial charge on any atom is 0.183 e. The van der Waals surface area contributed by atoms with Crippen molar-refractivity contribution in [3.63, 3.8) is 0 Å². The molecule has 0 radical (unpaired) electrons. The SMILES string of the molecule is Cc1ccc(C(=O)CSc2nc3ccccc3s2)s1. The van der Waals surface area contributed by atoms with Gasteiger partial charge in [-0.3, -0.25) is 4.79 Å². The first-order valence-electron chi connectivity index (χ1n) is 5.80. The van der Waals surface area contributed by atoms with Gasteiger partial charge in [0.05, 0.1) is 20.8 Å². The average Bonchev–Trinajstić information content (AvgIpc) is 3.01. The van der Waals surface area contributed by atoms with Crippen LogP contribution in [-0.2, 0) is 0 Å². The Bertz CT molecular complexity index is 696. The summed E-state index contributed by atoms with van der Waals surface area (Å²) in [6.07, 6.45) is 0. The Kier molecular flexibility index (Phi) is 3.68. The van der Waals surface area contributed by atoms with Gasteiger partial charge >= 0.3 is 0 Å². The maximum atomic E-state index is 12.0. The van der Waals surface area contributed by atoms with Crippen LogP contribution < -0.4 is 0 Å². The minimum absolute atomic E-state index is 0.183. The minimum atomic E-state index is 0.183. The lowest BCUT2D eigenvalue weighted by molar-refractivity contribution is 0.102. The molecule has 0 saturated heterocycles. The molecular formula is C14H11NOS3. The van der Waals surface area contributed by atoms with E-state index in [2.05, 4.69) is 11.1 Å². The number of hydrogen-bond acceptors (Lipinski definition) is 5. The molecule has 0 bridgehead atoms. The fraction of sp³-hybridized carbons (Fsp3) is 0.143. The van der Waals surface area contributed by atoms with E-state index in [1.54, 1.807) is 22.7 Å². The Morgan fingerprint density at radius 3 is 2.79 bits per heavy atom. The first kappa shape index (κ1) is 12.8. The molecule has 0 fully saturated rings. The van der Waals surface area contributed by atoms with Crippen LogP contribution in [0.15, 0.2) is 40.7 Å². The molecule has 0 aliphatic rings. The number of nitrogens with zero attached hydrogens (tertiary/aromatic N) is 1. The van der Waals surface area contributed by atoms with Gasteiger partial charge < -0.3 is 0 Å². The second-order valence-corrected chi connectivity index (χ2v) is 7.61. The van der Waals surface area contributed by atoms with Crippen molar-refractivity contribution in [2.24, 2.45) is 0 Å². The molecule has 0 aliphatic heterocycles. The molecule has 0 aliphatic carbocycles. The van der Waals surface area contributed by atoms with E-state index in [4.69, 9.17) is 0 Å². The number of Topliss-reactive ketones (excluding diaryl/α,β-unsaturated/α-hetero) is 1. The van der Waals surface area contributed by atoms with Crippen LogP contribution in [0.2, 0.25) is 0 Å². The summed E-state index contributed by atoms with van der Waals surface area (Å²) in [6, 6.07) is 11.9. The van der Waals surface area contributed by atoms with E-state index in [1.165, 1.54) is 21.3 Å². The summed E-state index contributed by atoms with van der Waals surface area (Å²) in [7, 11) is 0. The van der Waals surface area contributed by atoms with Gasteiger partial charge in [-0.15, -0.1) is 22.7 Å². The molecule has 19 heavy (non-hydrogen) atoms. The topological polar surface area (TPSA) is 30.0 Å². The Morgan fingerprint density at radius 2 is 2.05 bits per heavy atom. The van der Waals surface area contributed by atoms with E-state index in [-0.39, 0.29) is 5.78 Å². The quantitative estimate of drug-likeness (QED) is 0.519. The number of aryl methyl sites for hydroxylation is 1. The van der Waals surface area contributed by atoms with E-state index >= 15 is 0 Å². The lowest BCUT2D eigenvalue weighted by Gasteiger charge is -1.94. The number of hydrogen-bond donors (Lipinski definition) is 0. The molecule has 0 amide bonds. The number of aromatic nitrogens is 1. The molecular weight excluding hydrogens is 294 g/mol. The van der Waals surface area contributed by atoms with Crippen LogP contribution in [0.5, 0.6) is 0 Å². The van der Waals surface area contributed by atoms with Crippen LogP contribution >= 0.6 is 34.4 Å². The molecule has 0 unspecified atom stereocenters. The van der Waals surface area contributed by atoms with Crippen LogP contribution in [0.3, 0.4) is 0 Å². The molecule has 2 nitrogen and oxygen atoms in total. The molecule has 5 heteroatoms. The largest absolute Gasteiger partial charge is 0.292 e. The van der Waals surface area contributed by atoms with Gasteiger partial charge in [0, 0.05) is 4.88 Å². The molecule has 3 aromatic rings. The summed E-state index contributed by atoms with van der Waals surface area (Å²) in [5.41, 5.74) is 1.01. The molecule has 0 N–H and O–H groups in total. The first-order valence-corrected chi connectivity index (χ1v) is 8.42. The number of rotatable bonds is 4. The van der Waals surface area contributed by atoms with Crippen molar-refractivity contribution >= 4 is 50.4 Å². The van der Waals surface area contributed by atoms with Crippen LogP contribution in [0.4, 0.5) is 0 Å². The first-order chi connectivity index (χ1) is 9.22. The highest BCUT2D eigenvalue weighted by Gasteiger charge is 2.11. The van der Waals surface area contributed by atoms with Crippen LogP contribution in [-0.4, -0.2) is 16.5 Å². The van der Waals surface area contributed by atoms with Crippen molar-refractivity contribution in [2.75, 3.05) is 5.75 Å². The molecule has 3 rings (SSSR count). The zero-order valence-corrected chi connectivity index (χ0v) is 12.7. The summed E-state index contributed by atoms with van der Waals surface area (Å²) >= 11 is 4.72. The Labute approximate surface area is 123 Å². The number of thiophene rings is 1. The predicted octanol–water partition coefficient (Wildman–Crippen LogP) is 4.64. The number of carbonyl (C=O) groups is 1. The van der Waals surface area contributed by atoms with E-state index < -0.39 is 0 Å². The second-order valence-electron chi connectivity index (χ2n) is 4.07. The standard InChI is InChI=1S/C14H11NOS3/c1-9-6-7-13(18-9)11(16)8-17-14-15-10-4-2-3-5-12(10)19-14/h2-7H,8H2,1H3. The van der Waals surface area contributed by atoms with Crippen molar-refractivity contribution in [1.82, 2.24) is 4.98 Å². The number of thioether (sulfide) groups is 1. The zero-order valence-electron chi connectivity index (χ0n) is 10.3. The number of para-hydroxylation sites is 1. The summed E-state index contributed by atoms with van der Waals surface area (Å²) in [6.45, 7) is 2.02. The fourth-order valence-electron chi connectivity index (χ4n) is 1.70. The van der Waals surface area contributed by atoms with Crippen molar-refractivity contribution in [3.8, 4) is 0 Å². The van der Waals surface area contributed by atoms with Crippen molar-refractivity contribution in [2.45, 2.75) is 11.3 Å². The van der Waals surface area contributed by atoms with E-state index in [0.717, 1.165) is 14.7 Å². The van der Waals surface area contributed by atoms with Gasteiger partial charge in [-0.2, -0.15) is 0 Å². The molecule has 2 aromatic heterocycles. The zero-order chi connectivity index (χ0) is 13.2. The highest BCUT2D eigenvalue weighted by molar-refractivity contribution is 8.01. The fourth-order valence-corrected chi connectivity index (χ4v) is 4.54. The number of fused-ring (bicyclic) bond motifs is 1. The van der Waals surface area contributed by atoms with Crippen LogP contribution in [0, 0.1) is 6.92 Å². The predicted molar refractivity (Wildman–Crippen MR) is 83.7 cm³/mol. The van der Waals surface area contributed by atoms with Gasteiger partial charge in [0.25, 0.3) is 0 Å². The number of carbonyl (C=O) groups excluding carboxylic acids is 1. The number of ketones is 1. The Balaban J connectivity index is 1.70. The van der Waals surface area contributed by atoms with Crippen molar-refractivity contribution in [3.05, 3.63) is 46.2 Å². The van der Waals surface area contributed by atoms with Crippen LogP contribution in [0.1, 0.15) is 14.5 Å². The van der Waals surface area contributed by atoms with E-state index in [9.17, 15) is 4.79 Å². The molecule has 0 atom stereocenters. The second kappa shape index (κ2) is 5.45. The summed E-state index contributed by atoms with van der Waals surface area (Å²) in [5.74, 6) is 0.641. The molecule has 2 heterocycles. The monoisotopic (exact) mass is 305 g/mol. The lowest BCUT2D eigenvalue weighted by atomic mass is 10.3. The van der Waals surface area contributed by atoms with E-state index in [1.807, 2.05) is 37.3 Å². The van der Waals surface area contributed by atoms with Gasteiger partial charge in [0.2, 0.25) is 0 Å². The van der Waals surface area contributed by atoms with Crippen LogP contribution in [0.25, 0.3) is 10.2 Å². The highest BCUT2D eigenvalue weighted by Crippen LogP contribution is 2.30. The number of benzene rings is 1. The van der Waals surface area contributed by atoms with Gasteiger partial charge in [0.15, 0.2) is 10.1 Å². The normalized spacial score (nSPS) is 11.0.